The molecule has 0 saturated heterocycles. The Morgan fingerprint density at radius 2 is 1.76 bits per heavy atom. The van der Waals surface area contributed by atoms with E-state index in [9.17, 15) is 18.0 Å². The molecule has 0 saturated carbocycles. The van der Waals surface area contributed by atoms with Crippen molar-refractivity contribution < 1.29 is 31.9 Å². The zero-order valence-electron chi connectivity index (χ0n) is 21.8. The second kappa shape index (κ2) is 11.4. The Balaban J connectivity index is 1.78. The van der Waals surface area contributed by atoms with Crippen molar-refractivity contribution in [1.82, 2.24) is 5.32 Å². The summed E-state index contributed by atoms with van der Waals surface area (Å²) < 4.78 is 44.9. The molecule has 3 rings (SSSR count). The van der Waals surface area contributed by atoms with E-state index in [2.05, 4.69) is 15.4 Å². The number of amides is 2. The van der Waals surface area contributed by atoms with Crippen LogP contribution in [0.25, 0.3) is 11.3 Å². The first-order chi connectivity index (χ1) is 17.7. The Labute approximate surface area is 226 Å². The summed E-state index contributed by atoms with van der Waals surface area (Å²) in [6, 6.07) is 11.5. The van der Waals surface area contributed by atoms with Gasteiger partial charge in [0.15, 0.2) is 0 Å². The van der Waals surface area contributed by atoms with Crippen LogP contribution in [0.2, 0.25) is 5.02 Å². The van der Waals surface area contributed by atoms with Gasteiger partial charge in [-0.25, -0.2) is 13.2 Å². The molecule has 0 radical (unpaired) electrons. The third-order valence-corrected chi connectivity index (χ3v) is 6.93. The van der Waals surface area contributed by atoms with Crippen LogP contribution in [0, 0.1) is 6.92 Å². The molecule has 1 aromatic heterocycles. The molecule has 0 fully saturated rings. The normalized spacial score (nSPS) is 12.4. The van der Waals surface area contributed by atoms with Crippen LogP contribution >= 0.6 is 11.6 Å². The maximum Gasteiger partial charge on any atom is 0.408 e. The van der Waals surface area contributed by atoms with Gasteiger partial charge >= 0.3 is 6.09 Å². The van der Waals surface area contributed by atoms with Crippen LogP contribution in [0.4, 0.5) is 16.2 Å². The van der Waals surface area contributed by atoms with Gasteiger partial charge < -0.3 is 24.5 Å². The van der Waals surface area contributed by atoms with Gasteiger partial charge in [0.25, 0.3) is 10.0 Å². The molecule has 38 heavy (non-hydrogen) atoms. The number of rotatable bonds is 8. The Morgan fingerprint density at radius 3 is 2.34 bits per heavy atom. The van der Waals surface area contributed by atoms with Crippen LogP contribution in [-0.2, 0) is 19.6 Å². The molecule has 3 aromatic rings. The summed E-state index contributed by atoms with van der Waals surface area (Å²) in [4.78, 5) is 24.4. The summed E-state index contributed by atoms with van der Waals surface area (Å²) in [5.74, 6) is 0.942. The summed E-state index contributed by atoms with van der Waals surface area (Å²) in [6.07, 6.45) is -0.742. The van der Waals surface area contributed by atoms with Gasteiger partial charge in [-0.15, -0.1) is 0 Å². The predicted octanol–water partition coefficient (Wildman–Crippen LogP) is 5.57. The quantitative estimate of drug-likeness (QED) is 0.326. The van der Waals surface area contributed by atoms with Gasteiger partial charge in [0, 0.05) is 11.3 Å². The van der Waals surface area contributed by atoms with Gasteiger partial charge in [-0.05, 0) is 83.1 Å². The van der Waals surface area contributed by atoms with Crippen LogP contribution in [-0.4, -0.2) is 39.2 Å². The molecule has 0 unspecified atom stereocenters. The van der Waals surface area contributed by atoms with Crippen molar-refractivity contribution in [3.63, 3.8) is 0 Å². The van der Waals surface area contributed by atoms with E-state index in [-0.39, 0.29) is 27.0 Å². The summed E-state index contributed by atoms with van der Waals surface area (Å²) >= 11 is 6.33. The number of furan rings is 1. The standard InChI is InChI=1S/C26H30ClN3O7S/c1-15-7-10-21(36-15)17-8-12-23(19(27)13-17)38(33,34)30-20-14-18(9-11-22(20)35-6)29-24(31)16(2)28-25(32)37-26(3,4)5/h7-14,16,30H,1-6H3,(H,28,32)(H,29,31)/t16-/m1/s1. The molecule has 204 valence electrons. The lowest BCUT2D eigenvalue weighted by Crippen LogP contribution is -2.43. The van der Waals surface area contributed by atoms with Gasteiger partial charge in [-0.2, -0.15) is 0 Å². The molecule has 10 nitrogen and oxygen atoms in total. The molecule has 0 aliphatic heterocycles. The summed E-state index contributed by atoms with van der Waals surface area (Å²) in [5, 5.41) is 5.07. The Bertz CT molecular complexity index is 1450. The van der Waals surface area contributed by atoms with E-state index >= 15 is 0 Å². The zero-order chi connectivity index (χ0) is 28.3. The first kappa shape index (κ1) is 28.9. The fraction of sp³-hybridized carbons (Fsp3) is 0.308. The summed E-state index contributed by atoms with van der Waals surface area (Å²) in [5.41, 5.74) is 0.239. The number of alkyl carbamates (subject to hydrolysis) is 1. The Kier molecular flexibility index (Phi) is 8.63. The van der Waals surface area contributed by atoms with Crippen molar-refractivity contribution in [2.75, 3.05) is 17.1 Å². The van der Waals surface area contributed by atoms with E-state index in [0.717, 1.165) is 0 Å². The van der Waals surface area contributed by atoms with Crippen molar-refractivity contribution >= 4 is 45.0 Å². The topological polar surface area (TPSA) is 136 Å². The summed E-state index contributed by atoms with van der Waals surface area (Å²) in [6.45, 7) is 8.41. The molecule has 0 bridgehead atoms. The zero-order valence-corrected chi connectivity index (χ0v) is 23.4. The average molecular weight is 564 g/mol. The minimum Gasteiger partial charge on any atom is -0.495 e. The molecular weight excluding hydrogens is 534 g/mol. The van der Waals surface area contributed by atoms with Gasteiger partial charge in [-0.3, -0.25) is 9.52 Å². The smallest absolute Gasteiger partial charge is 0.408 e. The van der Waals surface area contributed by atoms with E-state index in [1.54, 1.807) is 45.9 Å². The molecule has 0 aliphatic rings. The third-order valence-electron chi connectivity index (χ3n) is 5.08. The Hall–Kier alpha value is -3.70. The van der Waals surface area contributed by atoms with E-state index < -0.39 is 33.7 Å². The van der Waals surface area contributed by atoms with E-state index in [4.69, 9.17) is 25.5 Å². The molecule has 1 heterocycles. The fourth-order valence-corrected chi connectivity index (χ4v) is 4.93. The van der Waals surface area contributed by atoms with Crippen LogP contribution in [0.1, 0.15) is 33.5 Å². The second-order valence-electron chi connectivity index (χ2n) is 9.43. The fourth-order valence-electron chi connectivity index (χ4n) is 3.33. The minimum atomic E-state index is -4.14. The molecule has 1 atom stereocenters. The average Bonchev–Trinajstić information content (AvgIpc) is 3.23. The molecule has 3 N–H and O–H groups in total. The first-order valence-electron chi connectivity index (χ1n) is 11.6. The van der Waals surface area contributed by atoms with E-state index in [1.807, 2.05) is 0 Å². The number of sulfonamides is 1. The van der Waals surface area contributed by atoms with E-state index in [1.165, 1.54) is 44.4 Å². The summed E-state index contributed by atoms with van der Waals surface area (Å²) in [7, 11) is -2.76. The number of halogens is 1. The van der Waals surface area contributed by atoms with Crippen molar-refractivity contribution in [2.24, 2.45) is 0 Å². The van der Waals surface area contributed by atoms with Gasteiger partial charge in [0.2, 0.25) is 5.91 Å². The third kappa shape index (κ3) is 7.42. The predicted molar refractivity (Wildman–Crippen MR) is 145 cm³/mol. The lowest BCUT2D eigenvalue weighted by Gasteiger charge is -2.21. The number of carbonyl (C=O) groups excluding carboxylic acids is 2. The lowest BCUT2D eigenvalue weighted by atomic mass is 10.2. The maximum atomic E-state index is 13.2. The lowest BCUT2D eigenvalue weighted by molar-refractivity contribution is -0.117. The Morgan fingerprint density at radius 1 is 1.05 bits per heavy atom. The number of nitrogens with one attached hydrogen (secondary N) is 3. The van der Waals surface area contributed by atoms with Crippen LogP contribution < -0.4 is 20.1 Å². The van der Waals surface area contributed by atoms with Gasteiger partial charge in [-0.1, -0.05) is 11.6 Å². The van der Waals surface area contributed by atoms with Gasteiger partial charge in [0.05, 0.1) is 17.8 Å². The molecule has 2 aromatic carbocycles. The minimum absolute atomic E-state index is 0.00507. The number of methoxy groups -OCH3 is 1. The highest BCUT2D eigenvalue weighted by Crippen LogP contribution is 2.33. The second-order valence-corrected chi connectivity index (χ2v) is 11.5. The van der Waals surface area contributed by atoms with Crippen molar-refractivity contribution in [3.8, 4) is 17.1 Å². The molecule has 2 amide bonds. The number of benzene rings is 2. The SMILES string of the molecule is COc1ccc(NC(=O)[C@@H](C)NC(=O)OC(C)(C)C)cc1NS(=O)(=O)c1ccc(-c2ccc(C)o2)cc1Cl. The van der Waals surface area contributed by atoms with Crippen LogP contribution in [0.15, 0.2) is 57.8 Å². The highest BCUT2D eigenvalue weighted by atomic mass is 35.5. The number of ether oxygens (including phenoxy) is 2. The first-order valence-corrected chi connectivity index (χ1v) is 13.4. The molecule has 12 heteroatoms. The number of carbonyl (C=O) groups is 2. The van der Waals surface area contributed by atoms with Crippen molar-refractivity contribution in [2.45, 2.75) is 51.2 Å². The highest BCUT2D eigenvalue weighted by Gasteiger charge is 2.23. The van der Waals surface area contributed by atoms with Gasteiger partial charge in [0.1, 0.15) is 33.8 Å². The van der Waals surface area contributed by atoms with Crippen molar-refractivity contribution in [1.29, 1.82) is 0 Å². The number of anilines is 2. The number of hydrogen-bond donors (Lipinski definition) is 3. The van der Waals surface area contributed by atoms with Crippen molar-refractivity contribution in [3.05, 3.63) is 59.3 Å². The number of aryl methyl sites for hydroxylation is 1. The molecule has 0 aliphatic carbocycles. The number of hydrogen-bond acceptors (Lipinski definition) is 7. The maximum absolute atomic E-state index is 13.2. The monoisotopic (exact) mass is 563 g/mol. The van der Waals surface area contributed by atoms with Crippen LogP contribution in [0.5, 0.6) is 5.75 Å². The highest BCUT2D eigenvalue weighted by molar-refractivity contribution is 7.92. The largest absolute Gasteiger partial charge is 0.495 e. The van der Waals surface area contributed by atoms with E-state index in [0.29, 0.717) is 17.1 Å². The van der Waals surface area contributed by atoms with Crippen LogP contribution in [0.3, 0.4) is 0 Å². The molecule has 0 spiro atoms. The molecular formula is C26H30ClN3O7S.